The summed E-state index contributed by atoms with van der Waals surface area (Å²) in [5, 5.41) is 10.1. The molecule has 0 spiro atoms. The van der Waals surface area contributed by atoms with Crippen molar-refractivity contribution < 1.29 is 10.0 Å². The molecule has 0 unspecified atom stereocenters. The number of rotatable bonds is 1. The molecule has 1 aromatic heterocycles. The fourth-order valence-electron chi connectivity index (χ4n) is 2.40. The number of hydrogen-bond donors (Lipinski definition) is 2. The fraction of sp³-hybridized carbons (Fsp3) is 0.231. The number of nitrogens with one attached hydrogen (secondary N) is 1. The number of nitrogens with zero attached hydrogens (tertiary/aromatic N) is 1. The van der Waals surface area contributed by atoms with Gasteiger partial charge in [-0.1, -0.05) is 18.2 Å². The van der Waals surface area contributed by atoms with Crippen molar-refractivity contribution in [2.24, 2.45) is 0 Å². The van der Waals surface area contributed by atoms with Gasteiger partial charge in [0.1, 0.15) is 0 Å². The average molecular weight is 228 g/mol. The first-order valence-electron chi connectivity index (χ1n) is 5.66. The van der Waals surface area contributed by atoms with Gasteiger partial charge in [0.2, 0.25) is 0 Å². The number of aryl methyl sites for hydroxylation is 1. The SMILES string of the molecule is O=C1CCCc2nc3ccccc3c(NO)c21. The molecule has 0 bridgehead atoms. The third-order valence-corrected chi connectivity index (χ3v) is 3.18. The lowest BCUT2D eigenvalue weighted by molar-refractivity contribution is 0.0972. The first-order chi connectivity index (χ1) is 8.31. The van der Waals surface area contributed by atoms with Crippen molar-refractivity contribution >= 4 is 22.4 Å². The summed E-state index contributed by atoms with van der Waals surface area (Å²) in [6.45, 7) is 0. The summed E-state index contributed by atoms with van der Waals surface area (Å²) in [5.41, 5.74) is 4.81. The highest BCUT2D eigenvalue weighted by Gasteiger charge is 2.23. The molecule has 4 heteroatoms. The number of carbonyl (C=O) groups excluding carboxylic acids is 1. The summed E-state index contributed by atoms with van der Waals surface area (Å²) in [7, 11) is 0. The zero-order valence-corrected chi connectivity index (χ0v) is 9.23. The lowest BCUT2D eigenvalue weighted by Crippen LogP contribution is -2.15. The number of anilines is 1. The van der Waals surface area contributed by atoms with E-state index in [1.165, 1.54) is 0 Å². The summed E-state index contributed by atoms with van der Waals surface area (Å²) in [6, 6.07) is 7.50. The van der Waals surface area contributed by atoms with Crippen LogP contribution in [0.2, 0.25) is 0 Å². The molecular weight excluding hydrogens is 216 g/mol. The van der Waals surface area contributed by atoms with E-state index >= 15 is 0 Å². The van der Waals surface area contributed by atoms with Gasteiger partial charge in [-0.15, -0.1) is 0 Å². The molecule has 0 amide bonds. The third kappa shape index (κ3) is 1.49. The number of ketones is 1. The molecule has 3 rings (SSSR count). The molecule has 4 nitrogen and oxygen atoms in total. The molecule has 1 aliphatic rings. The monoisotopic (exact) mass is 228 g/mol. The minimum atomic E-state index is 0.0565. The molecule has 1 aliphatic carbocycles. The molecule has 2 aromatic rings. The van der Waals surface area contributed by atoms with Crippen molar-refractivity contribution in [3.8, 4) is 0 Å². The van der Waals surface area contributed by atoms with Crippen LogP contribution in [0.1, 0.15) is 28.9 Å². The van der Waals surface area contributed by atoms with Crippen molar-refractivity contribution in [2.45, 2.75) is 19.3 Å². The van der Waals surface area contributed by atoms with E-state index in [-0.39, 0.29) is 5.78 Å². The van der Waals surface area contributed by atoms with Crippen molar-refractivity contribution in [1.82, 2.24) is 4.98 Å². The number of para-hydroxylation sites is 1. The lowest BCUT2D eigenvalue weighted by Gasteiger charge is -2.18. The highest BCUT2D eigenvalue weighted by molar-refractivity contribution is 6.09. The van der Waals surface area contributed by atoms with E-state index in [2.05, 4.69) is 10.5 Å². The maximum atomic E-state index is 11.9. The van der Waals surface area contributed by atoms with Gasteiger partial charge in [-0.2, -0.15) is 0 Å². The van der Waals surface area contributed by atoms with Crippen LogP contribution in [-0.4, -0.2) is 16.0 Å². The molecule has 1 heterocycles. The van der Waals surface area contributed by atoms with E-state index in [4.69, 9.17) is 0 Å². The number of hydrogen-bond acceptors (Lipinski definition) is 4. The van der Waals surface area contributed by atoms with Gasteiger partial charge in [0.05, 0.1) is 22.5 Å². The molecule has 0 saturated heterocycles. The average Bonchev–Trinajstić information content (AvgIpc) is 2.36. The van der Waals surface area contributed by atoms with Crippen molar-refractivity contribution in [1.29, 1.82) is 0 Å². The summed E-state index contributed by atoms with van der Waals surface area (Å²) in [6.07, 6.45) is 2.16. The van der Waals surface area contributed by atoms with Crippen molar-refractivity contribution in [3.05, 3.63) is 35.5 Å². The second-order valence-corrected chi connectivity index (χ2v) is 4.21. The largest absolute Gasteiger partial charge is 0.294 e. The number of fused-ring (bicyclic) bond motifs is 2. The lowest BCUT2D eigenvalue weighted by atomic mass is 9.92. The van der Waals surface area contributed by atoms with Gasteiger partial charge in [-0.25, -0.2) is 0 Å². The van der Waals surface area contributed by atoms with E-state index < -0.39 is 0 Å². The van der Waals surface area contributed by atoms with Gasteiger partial charge < -0.3 is 0 Å². The van der Waals surface area contributed by atoms with Gasteiger partial charge in [-0.05, 0) is 18.9 Å². The summed E-state index contributed by atoms with van der Waals surface area (Å²) in [5.74, 6) is 0.0565. The quantitative estimate of drug-likeness (QED) is 0.736. The first kappa shape index (κ1) is 10.2. The van der Waals surface area contributed by atoms with Crippen LogP contribution >= 0.6 is 0 Å². The molecular formula is C13H12N2O2. The molecule has 0 saturated carbocycles. The van der Waals surface area contributed by atoms with E-state index in [9.17, 15) is 10.0 Å². The van der Waals surface area contributed by atoms with Gasteiger partial charge in [0, 0.05) is 11.8 Å². The number of benzene rings is 1. The molecule has 86 valence electrons. The van der Waals surface area contributed by atoms with Crippen LogP contribution in [0.4, 0.5) is 5.69 Å². The molecule has 0 aliphatic heterocycles. The van der Waals surface area contributed by atoms with Crippen LogP contribution < -0.4 is 5.48 Å². The maximum absolute atomic E-state index is 11.9. The Bertz CT molecular complexity index is 608. The zero-order valence-electron chi connectivity index (χ0n) is 9.23. The van der Waals surface area contributed by atoms with Crippen LogP contribution in [0.3, 0.4) is 0 Å². The van der Waals surface area contributed by atoms with Crippen LogP contribution in [0.25, 0.3) is 10.9 Å². The van der Waals surface area contributed by atoms with E-state index in [1.54, 1.807) is 0 Å². The van der Waals surface area contributed by atoms with Gasteiger partial charge in [-0.3, -0.25) is 20.5 Å². The highest BCUT2D eigenvalue weighted by Crippen LogP contribution is 2.32. The molecule has 2 N–H and O–H groups in total. The number of aromatic nitrogens is 1. The normalized spacial score (nSPS) is 14.8. The number of pyridine rings is 1. The zero-order chi connectivity index (χ0) is 11.8. The Kier molecular flexibility index (Phi) is 2.30. The van der Waals surface area contributed by atoms with Crippen LogP contribution in [0.5, 0.6) is 0 Å². The Morgan fingerprint density at radius 2 is 2.06 bits per heavy atom. The predicted molar refractivity (Wildman–Crippen MR) is 64.4 cm³/mol. The van der Waals surface area contributed by atoms with Crippen molar-refractivity contribution in [3.63, 3.8) is 0 Å². The number of carbonyl (C=O) groups is 1. The second kappa shape index (κ2) is 3.82. The molecule has 0 atom stereocenters. The Morgan fingerprint density at radius 3 is 2.88 bits per heavy atom. The van der Waals surface area contributed by atoms with E-state index in [0.717, 1.165) is 29.4 Å². The summed E-state index contributed by atoms with van der Waals surface area (Å²) < 4.78 is 0. The van der Waals surface area contributed by atoms with Gasteiger partial charge in [0.15, 0.2) is 5.78 Å². The molecule has 1 aromatic carbocycles. The predicted octanol–water partition coefficient (Wildman–Crippen LogP) is 2.55. The van der Waals surface area contributed by atoms with Gasteiger partial charge in [0.25, 0.3) is 0 Å². The summed E-state index contributed by atoms with van der Waals surface area (Å²) >= 11 is 0. The number of Topliss-reactive ketones (excluding diaryl/α,β-unsaturated/α-hetero) is 1. The maximum Gasteiger partial charge on any atom is 0.166 e. The third-order valence-electron chi connectivity index (χ3n) is 3.18. The standard InChI is InChI=1S/C13H12N2O2/c16-11-7-3-6-10-12(11)13(15-17)8-4-1-2-5-9(8)14-10/h1-2,4-5,17H,3,6-7H2,(H,14,15). The first-order valence-corrected chi connectivity index (χ1v) is 5.66. The van der Waals surface area contributed by atoms with Crippen molar-refractivity contribution in [2.75, 3.05) is 5.48 Å². The molecule has 0 radical (unpaired) electrons. The van der Waals surface area contributed by atoms with Gasteiger partial charge >= 0.3 is 0 Å². The van der Waals surface area contributed by atoms with E-state index in [1.807, 2.05) is 24.3 Å². The molecule has 17 heavy (non-hydrogen) atoms. The topological polar surface area (TPSA) is 62.2 Å². The van der Waals surface area contributed by atoms with E-state index in [0.29, 0.717) is 17.7 Å². The smallest absolute Gasteiger partial charge is 0.166 e. The minimum absolute atomic E-state index is 0.0565. The Hall–Kier alpha value is -1.94. The minimum Gasteiger partial charge on any atom is -0.294 e. The summed E-state index contributed by atoms with van der Waals surface area (Å²) in [4.78, 5) is 16.4. The van der Waals surface area contributed by atoms with Crippen LogP contribution in [0.15, 0.2) is 24.3 Å². The van der Waals surface area contributed by atoms with Crippen LogP contribution in [0, 0.1) is 0 Å². The van der Waals surface area contributed by atoms with Crippen LogP contribution in [-0.2, 0) is 6.42 Å². The Balaban J connectivity index is 2.40. The Morgan fingerprint density at radius 1 is 1.24 bits per heavy atom. The molecule has 0 fully saturated rings. The fourth-order valence-corrected chi connectivity index (χ4v) is 2.40. The second-order valence-electron chi connectivity index (χ2n) is 4.21. The highest BCUT2D eigenvalue weighted by atomic mass is 16.5. The Labute approximate surface area is 98.2 Å².